The maximum atomic E-state index is 13.4. The molecule has 0 saturated heterocycles. The van der Waals surface area contributed by atoms with Gasteiger partial charge in [0.05, 0.1) is 18.0 Å². The van der Waals surface area contributed by atoms with Crippen LogP contribution in [0.5, 0.6) is 5.75 Å². The first-order valence-corrected chi connectivity index (χ1v) is 16.0. The molecule has 1 fully saturated rings. The summed E-state index contributed by atoms with van der Waals surface area (Å²) >= 11 is 0. The fourth-order valence-corrected chi connectivity index (χ4v) is 7.75. The lowest BCUT2D eigenvalue weighted by atomic mass is 9.86. The highest BCUT2D eigenvalue weighted by molar-refractivity contribution is 7.89. The monoisotopic (exact) mass is 591 g/mol. The molecule has 2 aromatic carbocycles. The van der Waals surface area contributed by atoms with Gasteiger partial charge in [-0.25, -0.2) is 13.2 Å². The molecule has 3 unspecified atom stereocenters. The molecule has 0 bridgehead atoms. The third kappa shape index (κ3) is 6.13. The van der Waals surface area contributed by atoms with Gasteiger partial charge in [0.2, 0.25) is 10.0 Å². The van der Waals surface area contributed by atoms with Gasteiger partial charge < -0.3 is 14.4 Å². The zero-order valence-electron chi connectivity index (χ0n) is 25.0. The lowest BCUT2D eigenvalue weighted by Gasteiger charge is -2.27. The molecule has 0 radical (unpaired) electrons. The van der Waals surface area contributed by atoms with Crippen molar-refractivity contribution in [3.05, 3.63) is 94.9 Å². The fraction of sp³-hybridized carbons (Fsp3) is 0.424. The Kier molecular flexibility index (Phi) is 8.80. The molecule has 1 aliphatic heterocycles. The Bertz CT molecular complexity index is 1520. The van der Waals surface area contributed by atoms with Crippen LogP contribution in [0.1, 0.15) is 55.3 Å². The lowest BCUT2D eigenvalue weighted by molar-refractivity contribution is 0.104. The summed E-state index contributed by atoms with van der Waals surface area (Å²) in [5.74, 6) is 0.803. The predicted octanol–water partition coefficient (Wildman–Crippen LogP) is 5.86. The van der Waals surface area contributed by atoms with Crippen LogP contribution in [0.25, 0.3) is 0 Å². The van der Waals surface area contributed by atoms with E-state index in [1.165, 1.54) is 9.88 Å². The number of benzene rings is 2. The first-order chi connectivity index (χ1) is 20.1. The maximum absolute atomic E-state index is 13.4. The second-order valence-electron chi connectivity index (χ2n) is 11.5. The van der Waals surface area contributed by atoms with Crippen molar-refractivity contribution < 1.29 is 22.7 Å². The molecule has 42 heavy (non-hydrogen) atoms. The molecule has 1 saturated carbocycles. The van der Waals surface area contributed by atoms with Crippen molar-refractivity contribution in [2.45, 2.75) is 69.0 Å². The van der Waals surface area contributed by atoms with Crippen LogP contribution in [0.3, 0.4) is 0 Å². The number of hydrogen-bond donors (Lipinski definition) is 1. The largest absolute Gasteiger partial charge is 0.496 e. The normalized spacial score (nSPS) is 21.1. The van der Waals surface area contributed by atoms with Crippen LogP contribution in [0.2, 0.25) is 0 Å². The molecule has 5 rings (SSSR count). The highest BCUT2D eigenvalue weighted by Crippen LogP contribution is 2.38. The van der Waals surface area contributed by atoms with Crippen LogP contribution in [0.4, 0.5) is 4.79 Å². The number of hydrogen-bond acceptors (Lipinski definition) is 6. The van der Waals surface area contributed by atoms with Crippen LogP contribution >= 0.6 is 0 Å². The van der Waals surface area contributed by atoms with Crippen molar-refractivity contribution in [2.24, 2.45) is 5.92 Å². The third-order valence-corrected chi connectivity index (χ3v) is 10.9. The van der Waals surface area contributed by atoms with Gasteiger partial charge in [-0.1, -0.05) is 42.5 Å². The number of nitrogens with one attached hydrogen (secondary N) is 1. The minimum absolute atomic E-state index is 0.0134. The van der Waals surface area contributed by atoms with Crippen molar-refractivity contribution in [1.82, 2.24) is 14.5 Å². The topological polar surface area (TPSA) is 88.2 Å². The molecule has 1 heterocycles. The average Bonchev–Trinajstić information content (AvgIpc) is 3.59. The Morgan fingerprint density at radius 3 is 2.62 bits per heavy atom. The van der Waals surface area contributed by atoms with Crippen LogP contribution in [0, 0.1) is 12.8 Å². The number of rotatable bonds is 9. The number of ether oxygens (including phenoxy) is 2. The predicted molar refractivity (Wildman–Crippen MR) is 163 cm³/mol. The van der Waals surface area contributed by atoms with E-state index in [4.69, 9.17) is 9.47 Å². The van der Waals surface area contributed by atoms with Gasteiger partial charge in [-0.15, -0.1) is 0 Å². The summed E-state index contributed by atoms with van der Waals surface area (Å²) in [5.41, 5.74) is 4.52. The summed E-state index contributed by atoms with van der Waals surface area (Å²) in [6, 6.07) is 12.7. The van der Waals surface area contributed by atoms with Crippen LogP contribution in [0.15, 0.2) is 83.1 Å². The molecule has 8 nitrogen and oxygen atoms in total. The number of fused-ring (bicyclic) bond motifs is 1. The minimum Gasteiger partial charge on any atom is -0.496 e. The molecule has 3 aliphatic rings. The van der Waals surface area contributed by atoms with E-state index in [1.807, 2.05) is 37.3 Å². The highest BCUT2D eigenvalue weighted by atomic mass is 32.2. The Hall–Kier alpha value is -3.56. The van der Waals surface area contributed by atoms with E-state index < -0.39 is 22.2 Å². The number of likely N-dealkylation sites (N-methyl/N-ethyl adjacent to an activating group) is 1. The first-order valence-electron chi connectivity index (χ1n) is 14.6. The smallest absolute Gasteiger partial charge is 0.411 e. The molecule has 224 valence electrons. The van der Waals surface area contributed by atoms with Gasteiger partial charge in [0, 0.05) is 31.8 Å². The van der Waals surface area contributed by atoms with E-state index in [2.05, 4.69) is 35.6 Å². The van der Waals surface area contributed by atoms with Crippen molar-refractivity contribution in [3.8, 4) is 5.75 Å². The Balaban J connectivity index is 1.31. The zero-order chi connectivity index (χ0) is 30.0. The molecule has 3 atom stereocenters. The Morgan fingerprint density at radius 1 is 1.17 bits per heavy atom. The molecule has 2 aliphatic carbocycles. The van der Waals surface area contributed by atoms with Gasteiger partial charge in [0.1, 0.15) is 11.9 Å². The number of allylic oxidation sites excluding steroid dienone is 1. The molecule has 2 aromatic rings. The third-order valence-electron chi connectivity index (χ3n) is 8.77. The van der Waals surface area contributed by atoms with Gasteiger partial charge in [-0.05, 0) is 92.6 Å². The van der Waals surface area contributed by atoms with E-state index in [1.54, 1.807) is 39.3 Å². The summed E-state index contributed by atoms with van der Waals surface area (Å²) in [6.07, 6.45) is 12.7. The fourth-order valence-electron chi connectivity index (χ4n) is 6.18. The van der Waals surface area contributed by atoms with E-state index in [0.717, 1.165) is 42.5 Å². The first kappa shape index (κ1) is 29.9. The summed E-state index contributed by atoms with van der Waals surface area (Å²) in [6.45, 7) is 3.69. The van der Waals surface area contributed by atoms with Gasteiger partial charge in [-0.3, -0.25) is 5.32 Å². The number of carbonyl (C=O) groups is 1. The van der Waals surface area contributed by atoms with Crippen molar-refractivity contribution in [3.63, 3.8) is 0 Å². The lowest BCUT2D eigenvalue weighted by Crippen LogP contribution is -2.32. The van der Waals surface area contributed by atoms with Gasteiger partial charge >= 0.3 is 6.09 Å². The summed E-state index contributed by atoms with van der Waals surface area (Å²) in [4.78, 5) is 15.0. The second-order valence-corrected chi connectivity index (χ2v) is 13.5. The van der Waals surface area contributed by atoms with Crippen LogP contribution in [-0.4, -0.2) is 57.1 Å². The maximum Gasteiger partial charge on any atom is 0.411 e. The highest BCUT2D eigenvalue weighted by Gasteiger charge is 2.34. The molecule has 0 spiro atoms. The summed E-state index contributed by atoms with van der Waals surface area (Å²) in [7, 11) is 1.63. The molecular weight excluding hydrogens is 550 g/mol. The number of alkyl carbamates (subject to hydrolysis) is 1. The zero-order valence-corrected chi connectivity index (χ0v) is 25.9. The number of sulfonamides is 1. The van der Waals surface area contributed by atoms with E-state index in [0.29, 0.717) is 22.6 Å². The number of aryl methyl sites for hydroxylation is 1. The van der Waals surface area contributed by atoms with E-state index in [9.17, 15) is 13.2 Å². The molecule has 1 amide bonds. The van der Waals surface area contributed by atoms with E-state index >= 15 is 0 Å². The van der Waals surface area contributed by atoms with Gasteiger partial charge in [-0.2, -0.15) is 4.31 Å². The van der Waals surface area contributed by atoms with Gasteiger partial charge in [0.15, 0.2) is 0 Å². The van der Waals surface area contributed by atoms with Crippen molar-refractivity contribution >= 4 is 16.1 Å². The number of methoxy groups -OCH3 is 1. The Morgan fingerprint density at radius 2 is 1.90 bits per heavy atom. The van der Waals surface area contributed by atoms with E-state index in [-0.39, 0.29) is 18.1 Å². The molecule has 0 aromatic heterocycles. The number of nitrogens with zero attached hydrogens (tertiary/aromatic N) is 2. The van der Waals surface area contributed by atoms with Crippen LogP contribution < -0.4 is 10.1 Å². The summed E-state index contributed by atoms with van der Waals surface area (Å²) < 4.78 is 39.6. The average molecular weight is 592 g/mol. The molecule has 1 N–H and O–H groups in total. The number of carbonyl (C=O) groups excluding carboxylic acids is 1. The van der Waals surface area contributed by atoms with Crippen molar-refractivity contribution in [1.29, 1.82) is 0 Å². The van der Waals surface area contributed by atoms with Crippen molar-refractivity contribution in [2.75, 3.05) is 21.2 Å². The summed E-state index contributed by atoms with van der Waals surface area (Å²) in [5, 5.41) is 2.93. The quantitative estimate of drug-likeness (QED) is 0.393. The number of amides is 1. The minimum atomic E-state index is -3.68. The van der Waals surface area contributed by atoms with Crippen LogP contribution in [-0.2, 0) is 21.2 Å². The SMILES string of the molecule is COc1cc(C(C)N(C)S(=O)(=O)c2ccccc2C)ccc1CC1=CN(C)C2C=CC(NC(=O)OC3CCCC3)=CC12. The standard InChI is InChI=1S/C33H41N3O5S/c1-22-10-6-9-13-32(22)42(38,39)36(4)23(2)24-14-15-25(31(19-24)40-5)18-26-21-35(3)30-17-16-27(20-29(26)30)34-33(37)41-28-11-7-8-12-28/h6,9-10,13-17,19-21,23,28-30H,7-8,11-12,18H2,1-5H3,(H,34,37). The molecule has 9 heteroatoms. The Labute approximate surface area is 249 Å². The van der Waals surface area contributed by atoms with Gasteiger partial charge in [0.25, 0.3) is 0 Å². The second kappa shape index (κ2) is 12.4. The molecular formula is C33H41N3O5S.